The molecule has 0 unspecified atom stereocenters. The second-order valence-electron chi connectivity index (χ2n) is 6.65. The van der Waals surface area contributed by atoms with Gasteiger partial charge in [-0.2, -0.15) is 0 Å². The Morgan fingerprint density at radius 1 is 1.22 bits per heavy atom. The number of rotatable bonds is 5. The standard InChI is InChI=1S/C21H19ClN2O2S/c1-2-26-20(25)21(9-10-21)15-6-3-13(4-7-15)17-8-5-14(12-24-17)19-16(23)11-18(22)27-19/h3-8,11-12H,2,9-10,23H2,1H3. The molecule has 0 atom stereocenters. The highest BCUT2D eigenvalue weighted by Gasteiger charge is 2.52. The average Bonchev–Trinajstić information content (AvgIpc) is 3.42. The number of halogens is 1. The van der Waals surface area contributed by atoms with Gasteiger partial charge in [0.15, 0.2) is 0 Å². The molecule has 27 heavy (non-hydrogen) atoms. The van der Waals surface area contributed by atoms with Crippen LogP contribution in [0.5, 0.6) is 0 Å². The van der Waals surface area contributed by atoms with E-state index in [1.54, 1.807) is 6.07 Å². The quantitative estimate of drug-likeness (QED) is 0.591. The zero-order chi connectivity index (χ0) is 19.0. The number of hydrogen-bond donors (Lipinski definition) is 1. The fourth-order valence-electron chi connectivity index (χ4n) is 3.26. The molecule has 1 saturated carbocycles. The largest absolute Gasteiger partial charge is 0.465 e. The average molecular weight is 399 g/mol. The second-order valence-corrected chi connectivity index (χ2v) is 8.33. The summed E-state index contributed by atoms with van der Waals surface area (Å²) in [4.78, 5) is 17.7. The highest BCUT2D eigenvalue weighted by molar-refractivity contribution is 7.20. The van der Waals surface area contributed by atoms with Crippen LogP contribution in [-0.2, 0) is 14.9 Å². The van der Waals surface area contributed by atoms with Gasteiger partial charge in [0.05, 0.1) is 32.6 Å². The van der Waals surface area contributed by atoms with Crippen molar-refractivity contribution >= 4 is 34.6 Å². The van der Waals surface area contributed by atoms with Crippen LogP contribution in [0.4, 0.5) is 5.69 Å². The van der Waals surface area contributed by atoms with E-state index >= 15 is 0 Å². The first kappa shape index (κ1) is 18.0. The number of carbonyl (C=O) groups excluding carboxylic acids is 1. The van der Waals surface area contributed by atoms with Gasteiger partial charge in [0.2, 0.25) is 0 Å². The molecule has 0 aliphatic heterocycles. The summed E-state index contributed by atoms with van der Waals surface area (Å²) in [5.74, 6) is -0.118. The molecule has 1 aromatic carbocycles. The molecule has 0 amide bonds. The van der Waals surface area contributed by atoms with Crippen LogP contribution >= 0.6 is 22.9 Å². The summed E-state index contributed by atoms with van der Waals surface area (Å²) in [7, 11) is 0. The van der Waals surface area contributed by atoms with Gasteiger partial charge >= 0.3 is 5.97 Å². The Morgan fingerprint density at radius 2 is 1.93 bits per heavy atom. The number of nitrogen functional groups attached to an aromatic ring is 1. The number of pyridine rings is 1. The molecule has 138 valence electrons. The van der Waals surface area contributed by atoms with Gasteiger partial charge in [-0.25, -0.2) is 0 Å². The number of carbonyl (C=O) groups is 1. The minimum absolute atomic E-state index is 0.118. The van der Waals surface area contributed by atoms with Crippen molar-refractivity contribution in [1.82, 2.24) is 4.98 Å². The van der Waals surface area contributed by atoms with Gasteiger partial charge in [-0.15, -0.1) is 11.3 Å². The van der Waals surface area contributed by atoms with Gasteiger partial charge in [0, 0.05) is 17.3 Å². The number of benzene rings is 1. The molecule has 1 fully saturated rings. The zero-order valence-corrected chi connectivity index (χ0v) is 16.4. The number of esters is 1. The summed E-state index contributed by atoms with van der Waals surface area (Å²) >= 11 is 7.47. The number of nitrogens with zero attached hydrogens (tertiary/aromatic N) is 1. The summed E-state index contributed by atoms with van der Waals surface area (Å²) in [6.45, 7) is 2.25. The number of anilines is 1. The van der Waals surface area contributed by atoms with E-state index in [0.29, 0.717) is 16.6 Å². The van der Waals surface area contributed by atoms with Gasteiger partial charge in [0.25, 0.3) is 0 Å². The van der Waals surface area contributed by atoms with E-state index < -0.39 is 5.41 Å². The molecule has 2 aromatic heterocycles. The smallest absolute Gasteiger partial charge is 0.316 e. The van der Waals surface area contributed by atoms with E-state index in [0.717, 1.165) is 40.1 Å². The third kappa shape index (κ3) is 3.33. The Kier molecular flexibility index (Phi) is 4.66. The number of thiophene rings is 1. The number of nitrogens with two attached hydrogens (primary N) is 1. The van der Waals surface area contributed by atoms with E-state index in [2.05, 4.69) is 4.98 Å². The predicted molar refractivity (Wildman–Crippen MR) is 110 cm³/mol. The highest BCUT2D eigenvalue weighted by atomic mass is 35.5. The lowest BCUT2D eigenvalue weighted by Gasteiger charge is -2.14. The van der Waals surface area contributed by atoms with Crippen LogP contribution in [0.15, 0.2) is 48.7 Å². The van der Waals surface area contributed by atoms with E-state index in [9.17, 15) is 4.79 Å². The third-order valence-corrected chi connectivity index (χ3v) is 6.23. The molecule has 0 bridgehead atoms. The topological polar surface area (TPSA) is 65.2 Å². The van der Waals surface area contributed by atoms with Crippen molar-refractivity contribution in [3.63, 3.8) is 0 Å². The fraction of sp³-hybridized carbons (Fsp3) is 0.238. The molecule has 0 saturated heterocycles. The van der Waals surface area contributed by atoms with Crippen molar-refractivity contribution in [1.29, 1.82) is 0 Å². The van der Waals surface area contributed by atoms with Gasteiger partial charge in [-0.05, 0) is 43.5 Å². The molecular weight excluding hydrogens is 380 g/mol. The van der Waals surface area contributed by atoms with Crippen LogP contribution in [0.2, 0.25) is 4.34 Å². The minimum atomic E-state index is -0.443. The van der Waals surface area contributed by atoms with Gasteiger partial charge in [0.1, 0.15) is 0 Å². The van der Waals surface area contributed by atoms with Crippen LogP contribution in [0.3, 0.4) is 0 Å². The Bertz CT molecular complexity index is 976. The molecule has 4 rings (SSSR count). The summed E-state index contributed by atoms with van der Waals surface area (Å²) in [5, 5.41) is 0. The Hall–Kier alpha value is -2.37. The molecule has 1 aliphatic rings. The lowest BCUT2D eigenvalue weighted by atomic mass is 9.94. The summed E-state index contributed by atoms with van der Waals surface area (Å²) in [5.41, 5.74) is 10.0. The van der Waals surface area contributed by atoms with Crippen LogP contribution in [0, 0.1) is 0 Å². The SMILES string of the molecule is CCOC(=O)C1(c2ccc(-c3ccc(-c4sc(Cl)cc4N)cn3)cc2)CC1. The van der Waals surface area contributed by atoms with Crippen LogP contribution < -0.4 is 5.73 Å². The second kappa shape index (κ2) is 6.98. The first-order valence-electron chi connectivity index (χ1n) is 8.83. The first-order chi connectivity index (χ1) is 13.0. The maximum atomic E-state index is 12.2. The van der Waals surface area contributed by atoms with E-state index in [-0.39, 0.29) is 5.97 Å². The minimum Gasteiger partial charge on any atom is -0.465 e. The van der Waals surface area contributed by atoms with Crippen molar-refractivity contribution in [3.8, 4) is 21.7 Å². The van der Waals surface area contributed by atoms with Crippen molar-refractivity contribution in [3.05, 3.63) is 58.6 Å². The van der Waals surface area contributed by atoms with Crippen LogP contribution in [0.25, 0.3) is 21.7 Å². The molecule has 3 aromatic rings. The molecule has 6 heteroatoms. The van der Waals surface area contributed by atoms with Crippen molar-refractivity contribution in [2.45, 2.75) is 25.2 Å². The first-order valence-corrected chi connectivity index (χ1v) is 10.0. The van der Waals surface area contributed by atoms with E-state index in [4.69, 9.17) is 22.1 Å². The number of aromatic nitrogens is 1. The molecule has 0 spiro atoms. The van der Waals surface area contributed by atoms with Crippen molar-refractivity contribution < 1.29 is 9.53 Å². The predicted octanol–water partition coefficient (Wildman–Crippen LogP) is 5.31. The van der Waals surface area contributed by atoms with Crippen molar-refractivity contribution in [2.24, 2.45) is 0 Å². The normalized spacial score (nSPS) is 14.7. The molecular formula is C21H19ClN2O2S. The van der Waals surface area contributed by atoms with Crippen LogP contribution in [0.1, 0.15) is 25.3 Å². The van der Waals surface area contributed by atoms with E-state index in [1.807, 2.05) is 49.5 Å². The monoisotopic (exact) mass is 398 g/mol. The lowest BCUT2D eigenvalue weighted by molar-refractivity contribution is -0.146. The molecule has 1 aliphatic carbocycles. The highest BCUT2D eigenvalue weighted by Crippen LogP contribution is 2.49. The van der Waals surface area contributed by atoms with E-state index in [1.165, 1.54) is 11.3 Å². The Labute approximate surface area is 167 Å². The van der Waals surface area contributed by atoms with Gasteiger partial charge < -0.3 is 10.5 Å². The maximum Gasteiger partial charge on any atom is 0.316 e. The Balaban J connectivity index is 1.56. The van der Waals surface area contributed by atoms with Crippen LogP contribution in [-0.4, -0.2) is 17.6 Å². The number of hydrogen-bond acceptors (Lipinski definition) is 5. The Morgan fingerprint density at radius 3 is 2.44 bits per heavy atom. The fourth-order valence-corrected chi connectivity index (χ4v) is 4.41. The molecule has 4 nitrogen and oxygen atoms in total. The molecule has 0 radical (unpaired) electrons. The summed E-state index contributed by atoms with van der Waals surface area (Å²) in [6, 6.07) is 13.7. The molecule has 2 N–H and O–H groups in total. The van der Waals surface area contributed by atoms with Gasteiger partial charge in [-0.3, -0.25) is 9.78 Å². The zero-order valence-electron chi connectivity index (χ0n) is 14.9. The number of ether oxygens (including phenoxy) is 1. The summed E-state index contributed by atoms with van der Waals surface area (Å²) in [6.07, 6.45) is 3.51. The third-order valence-electron chi connectivity index (χ3n) is 4.91. The lowest BCUT2D eigenvalue weighted by Crippen LogP contribution is -2.23. The molecule has 2 heterocycles. The summed E-state index contributed by atoms with van der Waals surface area (Å²) < 4.78 is 5.90. The maximum absolute atomic E-state index is 12.2. The van der Waals surface area contributed by atoms with Gasteiger partial charge in [-0.1, -0.05) is 35.9 Å². The van der Waals surface area contributed by atoms with Crippen molar-refractivity contribution in [2.75, 3.05) is 12.3 Å².